The van der Waals surface area contributed by atoms with Gasteiger partial charge < -0.3 is 4.74 Å². The van der Waals surface area contributed by atoms with E-state index in [4.69, 9.17) is 10.00 Å². The molecule has 0 spiro atoms. The van der Waals surface area contributed by atoms with Crippen LogP contribution < -0.4 is 4.74 Å². The van der Waals surface area contributed by atoms with E-state index in [-0.39, 0.29) is 11.6 Å². The van der Waals surface area contributed by atoms with Crippen molar-refractivity contribution in [3.8, 4) is 22.9 Å². The topological polar surface area (TPSA) is 33.0 Å². The minimum atomic E-state index is -0.363. The maximum absolute atomic E-state index is 15.1. The normalized spacial score (nSPS) is 10.8. The molecule has 0 saturated heterocycles. The van der Waals surface area contributed by atoms with Crippen molar-refractivity contribution in [1.29, 1.82) is 5.26 Å². The highest BCUT2D eigenvalue weighted by atomic mass is 19.1. The Morgan fingerprint density at radius 1 is 0.875 bits per heavy atom. The van der Waals surface area contributed by atoms with Gasteiger partial charge in [0.25, 0.3) is 0 Å². The second-order valence-corrected chi connectivity index (χ2v) is 7.77. The second kappa shape index (κ2) is 9.62. The molecule has 0 radical (unpaired) electrons. The molecule has 4 heteroatoms. The number of hydrogen-bond donors (Lipinski definition) is 0. The van der Waals surface area contributed by atoms with E-state index in [9.17, 15) is 4.39 Å². The average Bonchev–Trinajstić information content (AvgIpc) is 2.82. The van der Waals surface area contributed by atoms with Crippen LogP contribution in [0.2, 0.25) is 0 Å². The van der Waals surface area contributed by atoms with Crippen molar-refractivity contribution in [3.05, 3.63) is 101 Å². The Labute approximate surface area is 186 Å². The van der Waals surface area contributed by atoms with Crippen LogP contribution in [0.15, 0.2) is 72.8 Å². The molecule has 0 aliphatic heterocycles. The lowest BCUT2D eigenvalue weighted by atomic mass is 9.97. The molecule has 0 atom stereocenters. The van der Waals surface area contributed by atoms with Crippen LogP contribution in [0.25, 0.3) is 21.9 Å². The lowest BCUT2D eigenvalue weighted by Crippen LogP contribution is -1.97. The third kappa shape index (κ3) is 4.63. The van der Waals surface area contributed by atoms with Crippen LogP contribution in [-0.2, 0) is 12.8 Å². The fourth-order valence-corrected chi connectivity index (χ4v) is 3.76. The van der Waals surface area contributed by atoms with Crippen molar-refractivity contribution in [3.63, 3.8) is 0 Å². The van der Waals surface area contributed by atoms with E-state index in [0.717, 1.165) is 17.4 Å². The number of nitriles is 1. The van der Waals surface area contributed by atoms with E-state index < -0.39 is 0 Å². The van der Waals surface area contributed by atoms with E-state index in [1.165, 1.54) is 6.07 Å². The number of fused-ring (bicyclic) bond motifs is 1. The molecule has 0 aliphatic rings. The summed E-state index contributed by atoms with van der Waals surface area (Å²) in [7, 11) is 0. The zero-order valence-electron chi connectivity index (χ0n) is 17.9. The van der Waals surface area contributed by atoms with Gasteiger partial charge in [0, 0.05) is 17.0 Å². The number of halogens is 2. The molecule has 0 amide bonds. The van der Waals surface area contributed by atoms with Gasteiger partial charge >= 0.3 is 0 Å². The SMILES string of the molecule is CCCOc1ccc(-c2ccc3c(F)c(CCc4ccc(C#N)cc4)ccc3c2)c(F)c1. The Hall–Kier alpha value is -3.71. The number of benzene rings is 4. The lowest BCUT2D eigenvalue weighted by Gasteiger charge is -2.11. The third-order valence-corrected chi connectivity index (χ3v) is 5.52. The molecule has 0 aromatic heterocycles. The molecule has 4 aromatic carbocycles. The van der Waals surface area contributed by atoms with E-state index >= 15 is 4.39 Å². The summed E-state index contributed by atoms with van der Waals surface area (Å²) in [6.45, 7) is 2.54. The van der Waals surface area contributed by atoms with Crippen LogP contribution in [0.1, 0.15) is 30.0 Å². The first-order valence-electron chi connectivity index (χ1n) is 10.7. The fourth-order valence-electron chi connectivity index (χ4n) is 3.76. The molecular formula is C28H23F2NO. The predicted molar refractivity (Wildman–Crippen MR) is 124 cm³/mol. The zero-order chi connectivity index (χ0) is 22.5. The molecule has 0 saturated carbocycles. The van der Waals surface area contributed by atoms with Crippen LogP contribution >= 0.6 is 0 Å². The molecule has 4 rings (SSSR count). The Morgan fingerprint density at radius 3 is 2.41 bits per heavy atom. The number of rotatable bonds is 7. The molecule has 0 N–H and O–H groups in total. The third-order valence-electron chi connectivity index (χ3n) is 5.52. The highest BCUT2D eigenvalue weighted by Crippen LogP contribution is 2.31. The van der Waals surface area contributed by atoms with Crippen molar-refractivity contribution in [2.75, 3.05) is 6.61 Å². The van der Waals surface area contributed by atoms with Gasteiger partial charge in [-0.25, -0.2) is 8.78 Å². The second-order valence-electron chi connectivity index (χ2n) is 7.77. The summed E-state index contributed by atoms with van der Waals surface area (Å²) in [5.74, 6) is -0.101. The maximum Gasteiger partial charge on any atom is 0.134 e. The average molecular weight is 427 g/mol. The Bertz CT molecular complexity index is 1290. The van der Waals surface area contributed by atoms with Gasteiger partial charge in [-0.2, -0.15) is 5.26 Å². The monoisotopic (exact) mass is 427 g/mol. The van der Waals surface area contributed by atoms with Crippen molar-refractivity contribution in [2.45, 2.75) is 26.2 Å². The molecular weight excluding hydrogens is 404 g/mol. The fraction of sp³-hybridized carbons (Fsp3) is 0.179. The highest BCUT2D eigenvalue weighted by molar-refractivity contribution is 5.88. The number of hydrogen-bond acceptors (Lipinski definition) is 2. The molecule has 160 valence electrons. The first kappa shape index (κ1) is 21.5. The van der Waals surface area contributed by atoms with E-state index in [2.05, 4.69) is 6.07 Å². The van der Waals surface area contributed by atoms with Gasteiger partial charge in [0.1, 0.15) is 17.4 Å². The van der Waals surface area contributed by atoms with Gasteiger partial charge in [0.05, 0.1) is 18.2 Å². The Kier molecular flexibility index (Phi) is 6.47. The number of nitrogens with zero attached hydrogens (tertiary/aromatic N) is 1. The van der Waals surface area contributed by atoms with Crippen molar-refractivity contribution < 1.29 is 13.5 Å². The predicted octanol–water partition coefficient (Wildman–Crippen LogP) is 7.23. The van der Waals surface area contributed by atoms with Gasteiger partial charge in [0.15, 0.2) is 0 Å². The Balaban J connectivity index is 1.56. The molecule has 32 heavy (non-hydrogen) atoms. The summed E-state index contributed by atoms with van der Waals surface area (Å²) in [5.41, 5.74) is 3.46. The highest BCUT2D eigenvalue weighted by Gasteiger charge is 2.12. The van der Waals surface area contributed by atoms with E-state index in [1.807, 2.05) is 31.2 Å². The van der Waals surface area contributed by atoms with Crippen LogP contribution in [-0.4, -0.2) is 6.61 Å². The lowest BCUT2D eigenvalue weighted by molar-refractivity contribution is 0.316. The summed E-state index contributed by atoms with van der Waals surface area (Å²) < 4.78 is 35.3. The van der Waals surface area contributed by atoms with E-state index in [1.54, 1.807) is 42.5 Å². The molecule has 4 aromatic rings. The largest absolute Gasteiger partial charge is 0.494 e. The summed E-state index contributed by atoms with van der Waals surface area (Å²) in [4.78, 5) is 0. The van der Waals surface area contributed by atoms with Gasteiger partial charge in [-0.3, -0.25) is 0 Å². The van der Waals surface area contributed by atoms with Crippen molar-refractivity contribution >= 4 is 10.8 Å². The van der Waals surface area contributed by atoms with Gasteiger partial charge in [0.2, 0.25) is 0 Å². The van der Waals surface area contributed by atoms with Crippen LogP contribution in [0.5, 0.6) is 5.75 Å². The standard InChI is InChI=1S/C28H23F2NO/c1-2-15-32-24-12-14-25(27(29)17-24)22-11-13-26-23(16-22)10-9-21(28(26)30)8-7-19-3-5-20(18-31)6-4-19/h3-6,9-14,16-17H,2,7-8,15H2,1H3. The van der Waals surface area contributed by atoms with Gasteiger partial charge in [-0.1, -0.05) is 43.3 Å². The van der Waals surface area contributed by atoms with Crippen LogP contribution in [0.3, 0.4) is 0 Å². The summed E-state index contributed by atoms with van der Waals surface area (Å²) in [5, 5.41) is 10.2. The molecule has 0 fully saturated rings. The van der Waals surface area contributed by atoms with Crippen LogP contribution in [0, 0.1) is 23.0 Å². The molecule has 0 heterocycles. The van der Waals surface area contributed by atoms with Gasteiger partial charge in [-0.05, 0) is 71.7 Å². The molecule has 0 aliphatic carbocycles. The minimum absolute atomic E-state index is 0.244. The molecule has 0 bridgehead atoms. The molecule has 0 unspecified atom stereocenters. The Morgan fingerprint density at radius 2 is 1.69 bits per heavy atom. The summed E-state index contributed by atoms with van der Waals surface area (Å²) in [6, 6.07) is 23.2. The van der Waals surface area contributed by atoms with Crippen molar-refractivity contribution in [2.24, 2.45) is 0 Å². The summed E-state index contributed by atoms with van der Waals surface area (Å²) in [6.07, 6.45) is 2.10. The van der Waals surface area contributed by atoms with Crippen molar-refractivity contribution in [1.82, 2.24) is 0 Å². The zero-order valence-corrected chi connectivity index (χ0v) is 17.9. The minimum Gasteiger partial charge on any atom is -0.494 e. The van der Waals surface area contributed by atoms with Crippen LogP contribution in [0.4, 0.5) is 8.78 Å². The maximum atomic E-state index is 15.1. The first-order valence-corrected chi connectivity index (χ1v) is 10.7. The first-order chi connectivity index (χ1) is 15.6. The van der Waals surface area contributed by atoms with E-state index in [0.29, 0.717) is 52.8 Å². The molecule has 2 nitrogen and oxygen atoms in total. The summed E-state index contributed by atoms with van der Waals surface area (Å²) >= 11 is 0. The number of ether oxygens (including phenoxy) is 1. The smallest absolute Gasteiger partial charge is 0.134 e. The van der Waals surface area contributed by atoms with Gasteiger partial charge in [-0.15, -0.1) is 0 Å². The quantitative estimate of drug-likeness (QED) is 0.312. The number of aryl methyl sites for hydroxylation is 2.